The van der Waals surface area contributed by atoms with E-state index in [1.807, 2.05) is 13.0 Å². The lowest BCUT2D eigenvalue weighted by Gasteiger charge is -2.07. The molecule has 17 heavy (non-hydrogen) atoms. The van der Waals surface area contributed by atoms with E-state index >= 15 is 0 Å². The molecule has 1 N–H and O–H groups in total. The summed E-state index contributed by atoms with van der Waals surface area (Å²) in [5.41, 5.74) is 0.909. The molecule has 0 aliphatic rings. The monoisotopic (exact) mass is 258 g/mol. The Bertz CT molecular complexity index is 520. The maximum absolute atomic E-state index is 11.5. The summed E-state index contributed by atoms with van der Waals surface area (Å²) < 4.78 is 23.3. The van der Waals surface area contributed by atoms with Gasteiger partial charge in [0.05, 0.1) is 5.75 Å². The molecule has 0 spiro atoms. The van der Waals surface area contributed by atoms with Crippen molar-refractivity contribution in [3.05, 3.63) is 34.2 Å². The van der Waals surface area contributed by atoms with Gasteiger partial charge >= 0.3 is 0 Å². The first kappa shape index (κ1) is 13.9. The lowest BCUT2D eigenvalue weighted by Crippen LogP contribution is -2.29. The molecule has 0 unspecified atom stereocenters. The lowest BCUT2D eigenvalue weighted by atomic mass is 10.3. The van der Waals surface area contributed by atoms with Crippen LogP contribution in [0.5, 0.6) is 0 Å². The number of nitrogens with one attached hydrogen (secondary N) is 1. The number of aromatic nitrogens is 1. The van der Waals surface area contributed by atoms with Crippen LogP contribution in [0.15, 0.2) is 23.1 Å². The third kappa shape index (κ3) is 5.65. The molecule has 0 aromatic carbocycles. The minimum absolute atomic E-state index is 0.0325. The van der Waals surface area contributed by atoms with E-state index in [4.69, 9.17) is 0 Å². The summed E-state index contributed by atoms with van der Waals surface area (Å²) in [4.78, 5) is 11.5. The van der Waals surface area contributed by atoms with Crippen LogP contribution in [0.3, 0.4) is 0 Å². The maximum Gasteiger partial charge on any atom is 0.250 e. The van der Waals surface area contributed by atoms with Crippen LogP contribution < -0.4 is 10.9 Å². The van der Waals surface area contributed by atoms with Crippen molar-refractivity contribution in [2.75, 3.05) is 25.1 Å². The number of sulfone groups is 1. The Morgan fingerprint density at radius 3 is 2.65 bits per heavy atom. The standard InChI is InChI=1S/C11H18N2O3S/c1-10-3-6-13(11(14)9-10)7-4-12-5-8-17(2,15)16/h3,6,9,12H,4-5,7-8H2,1-2H3. The SMILES string of the molecule is Cc1ccn(CCNCCS(C)(=O)=O)c(=O)c1. The smallest absolute Gasteiger partial charge is 0.250 e. The average molecular weight is 258 g/mol. The van der Waals surface area contributed by atoms with E-state index in [1.54, 1.807) is 16.8 Å². The van der Waals surface area contributed by atoms with Gasteiger partial charge in [-0.1, -0.05) is 0 Å². The summed E-state index contributed by atoms with van der Waals surface area (Å²) in [7, 11) is -2.91. The van der Waals surface area contributed by atoms with Crippen LogP contribution in [0, 0.1) is 6.92 Å². The second kappa shape index (κ2) is 5.97. The van der Waals surface area contributed by atoms with Gasteiger partial charge in [0.15, 0.2) is 0 Å². The fourth-order valence-corrected chi connectivity index (χ4v) is 1.89. The van der Waals surface area contributed by atoms with Gasteiger partial charge in [0.25, 0.3) is 5.56 Å². The van der Waals surface area contributed by atoms with Crippen molar-refractivity contribution in [3.63, 3.8) is 0 Å². The zero-order valence-electron chi connectivity index (χ0n) is 10.1. The average Bonchev–Trinajstić information content (AvgIpc) is 2.18. The summed E-state index contributed by atoms with van der Waals surface area (Å²) in [6.45, 7) is 3.41. The fourth-order valence-electron chi connectivity index (χ4n) is 1.37. The number of pyridine rings is 1. The summed E-state index contributed by atoms with van der Waals surface area (Å²) in [6.07, 6.45) is 2.95. The van der Waals surface area contributed by atoms with Crippen molar-refractivity contribution in [3.8, 4) is 0 Å². The first-order valence-corrected chi connectivity index (χ1v) is 7.50. The van der Waals surface area contributed by atoms with Gasteiger partial charge in [0, 0.05) is 38.2 Å². The van der Waals surface area contributed by atoms with Crippen LogP contribution in [-0.2, 0) is 16.4 Å². The van der Waals surface area contributed by atoms with E-state index in [-0.39, 0.29) is 11.3 Å². The normalized spacial score (nSPS) is 11.6. The molecular weight excluding hydrogens is 240 g/mol. The summed E-state index contributed by atoms with van der Waals surface area (Å²) in [6, 6.07) is 3.45. The zero-order chi connectivity index (χ0) is 12.9. The highest BCUT2D eigenvalue weighted by atomic mass is 32.2. The number of hydrogen-bond donors (Lipinski definition) is 1. The number of aryl methyl sites for hydroxylation is 1. The molecule has 0 aliphatic heterocycles. The molecule has 0 amide bonds. The van der Waals surface area contributed by atoms with Crippen molar-refractivity contribution < 1.29 is 8.42 Å². The molecule has 0 bridgehead atoms. The number of nitrogens with zero attached hydrogens (tertiary/aromatic N) is 1. The number of hydrogen-bond acceptors (Lipinski definition) is 4. The third-order valence-electron chi connectivity index (χ3n) is 2.33. The fraction of sp³-hybridized carbons (Fsp3) is 0.545. The maximum atomic E-state index is 11.5. The van der Waals surface area contributed by atoms with Crippen LogP contribution in [0.25, 0.3) is 0 Å². The van der Waals surface area contributed by atoms with E-state index in [1.165, 1.54) is 6.26 Å². The second-order valence-electron chi connectivity index (χ2n) is 4.12. The van der Waals surface area contributed by atoms with E-state index in [2.05, 4.69) is 5.32 Å². The Balaban J connectivity index is 2.34. The first-order valence-electron chi connectivity index (χ1n) is 5.44. The highest BCUT2D eigenvalue weighted by Crippen LogP contribution is 1.90. The third-order valence-corrected chi connectivity index (χ3v) is 3.28. The molecule has 1 rings (SSSR count). The highest BCUT2D eigenvalue weighted by molar-refractivity contribution is 7.90. The molecule has 1 heterocycles. The van der Waals surface area contributed by atoms with Crippen molar-refractivity contribution in [2.45, 2.75) is 13.5 Å². The molecule has 6 heteroatoms. The van der Waals surface area contributed by atoms with Gasteiger partial charge in [-0.15, -0.1) is 0 Å². The molecule has 0 atom stereocenters. The molecule has 5 nitrogen and oxygen atoms in total. The van der Waals surface area contributed by atoms with Crippen molar-refractivity contribution in [1.82, 2.24) is 9.88 Å². The van der Waals surface area contributed by atoms with Gasteiger partial charge in [-0.25, -0.2) is 8.42 Å². The number of rotatable bonds is 6. The molecule has 0 aliphatic carbocycles. The van der Waals surface area contributed by atoms with Gasteiger partial charge in [0.2, 0.25) is 0 Å². The Kier molecular flexibility index (Phi) is 4.89. The highest BCUT2D eigenvalue weighted by Gasteiger charge is 2.00. The van der Waals surface area contributed by atoms with Gasteiger partial charge in [-0.3, -0.25) is 4.79 Å². The van der Waals surface area contributed by atoms with Gasteiger partial charge in [0.1, 0.15) is 9.84 Å². The topological polar surface area (TPSA) is 68.2 Å². The zero-order valence-corrected chi connectivity index (χ0v) is 11.0. The Hall–Kier alpha value is -1.14. The Morgan fingerprint density at radius 1 is 1.35 bits per heavy atom. The van der Waals surface area contributed by atoms with Gasteiger partial charge in [-0.2, -0.15) is 0 Å². The quantitative estimate of drug-likeness (QED) is 0.717. The van der Waals surface area contributed by atoms with E-state index < -0.39 is 9.84 Å². The molecule has 0 saturated carbocycles. The lowest BCUT2D eigenvalue weighted by molar-refractivity contribution is 0.581. The molecule has 0 radical (unpaired) electrons. The second-order valence-corrected chi connectivity index (χ2v) is 6.38. The minimum Gasteiger partial charge on any atom is -0.314 e. The summed E-state index contributed by atoms with van der Waals surface area (Å²) in [5, 5.41) is 2.99. The van der Waals surface area contributed by atoms with Crippen molar-refractivity contribution in [2.24, 2.45) is 0 Å². The van der Waals surface area contributed by atoms with Crippen LogP contribution in [0.1, 0.15) is 5.56 Å². The van der Waals surface area contributed by atoms with Crippen LogP contribution >= 0.6 is 0 Å². The largest absolute Gasteiger partial charge is 0.314 e. The molecule has 0 saturated heterocycles. The van der Waals surface area contributed by atoms with Crippen LogP contribution in [-0.4, -0.2) is 38.1 Å². The first-order chi connectivity index (χ1) is 7.88. The van der Waals surface area contributed by atoms with Crippen LogP contribution in [0.4, 0.5) is 0 Å². The molecule has 1 aromatic heterocycles. The Labute approximate surface area is 101 Å². The minimum atomic E-state index is -2.91. The van der Waals surface area contributed by atoms with Crippen molar-refractivity contribution in [1.29, 1.82) is 0 Å². The van der Waals surface area contributed by atoms with Crippen molar-refractivity contribution >= 4 is 9.84 Å². The van der Waals surface area contributed by atoms with E-state index in [0.29, 0.717) is 19.6 Å². The predicted octanol–water partition coefficient (Wildman–Crippen LogP) is -0.209. The summed E-state index contributed by atoms with van der Waals surface area (Å²) >= 11 is 0. The predicted molar refractivity (Wildman–Crippen MR) is 68.0 cm³/mol. The van der Waals surface area contributed by atoms with E-state index in [9.17, 15) is 13.2 Å². The molecular formula is C11H18N2O3S. The van der Waals surface area contributed by atoms with E-state index in [0.717, 1.165) is 5.56 Å². The Morgan fingerprint density at radius 2 is 2.06 bits per heavy atom. The molecule has 96 valence electrons. The van der Waals surface area contributed by atoms with Gasteiger partial charge < -0.3 is 9.88 Å². The molecule has 1 aromatic rings. The van der Waals surface area contributed by atoms with Crippen LogP contribution in [0.2, 0.25) is 0 Å². The van der Waals surface area contributed by atoms with Gasteiger partial charge in [-0.05, 0) is 18.6 Å². The molecule has 0 fully saturated rings. The summed E-state index contributed by atoms with van der Waals surface area (Å²) in [5.74, 6) is 0.121.